The standard InChI is InChI=1S/C8H6F3N3O2/c9-8(10,11)5-2-1-4(3-13-5)14-7(16)6(12)15/h1-3H,(H2,12,15)(H,14,16). The molecule has 0 spiro atoms. The van der Waals surface area contributed by atoms with E-state index in [2.05, 4.69) is 10.7 Å². The van der Waals surface area contributed by atoms with Crippen LogP contribution >= 0.6 is 0 Å². The zero-order valence-electron chi connectivity index (χ0n) is 7.71. The molecule has 16 heavy (non-hydrogen) atoms. The molecule has 0 atom stereocenters. The van der Waals surface area contributed by atoms with E-state index in [9.17, 15) is 22.8 Å². The Morgan fingerprint density at radius 3 is 2.31 bits per heavy atom. The summed E-state index contributed by atoms with van der Waals surface area (Å²) in [5, 5.41) is 1.98. The number of anilines is 1. The third kappa shape index (κ3) is 2.94. The smallest absolute Gasteiger partial charge is 0.361 e. The molecular weight excluding hydrogens is 227 g/mol. The Balaban J connectivity index is 2.80. The predicted octanol–water partition coefficient (Wildman–Crippen LogP) is 0.524. The van der Waals surface area contributed by atoms with E-state index in [1.807, 2.05) is 5.32 Å². The summed E-state index contributed by atoms with van der Waals surface area (Å²) in [7, 11) is 0. The molecule has 0 aromatic carbocycles. The molecule has 0 saturated carbocycles. The van der Waals surface area contributed by atoms with Gasteiger partial charge in [-0.3, -0.25) is 9.59 Å². The van der Waals surface area contributed by atoms with E-state index in [1.54, 1.807) is 0 Å². The number of hydrogen-bond donors (Lipinski definition) is 2. The van der Waals surface area contributed by atoms with E-state index in [0.717, 1.165) is 12.3 Å². The minimum Gasteiger partial charge on any atom is -0.361 e. The topological polar surface area (TPSA) is 85.1 Å². The van der Waals surface area contributed by atoms with Gasteiger partial charge in [-0.15, -0.1) is 0 Å². The second-order valence-corrected chi connectivity index (χ2v) is 2.75. The van der Waals surface area contributed by atoms with Crippen LogP contribution < -0.4 is 11.1 Å². The first kappa shape index (κ1) is 12.0. The highest BCUT2D eigenvalue weighted by Gasteiger charge is 2.32. The van der Waals surface area contributed by atoms with Crippen molar-refractivity contribution in [3.05, 3.63) is 24.0 Å². The van der Waals surface area contributed by atoms with Crippen molar-refractivity contribution in [1.82, 2.24) is 4.98 Å². The summed E-state index contributed by atoms with van der Waals surface area (Å²) in [6.07, 6.45) is -3.77. The zero-order valence-corrected chi connectivity index (χ0v) is 7.71. The molecule has 5 nitrogen and oxygen atoms in total. The Bertz CT molecular complexity index is 414. The largest absolute Gasteiger partial charge is 0.433 e. The van der Waals surface area contributed by atoms with Crippen LogP contribution in [0.3, 0.4) is 0 Å². The van der Waals surface area contributed by atoms with E-state index >= 15 is 0 Å². The van der Waals surface area contributed by atoms with Gasteiger partial charge in [0.15, 0.2) is 0 Å². The molecule has 0 saturated heterocycles. The molecule has 0 bridgehead atoms. The molecule has 2 amide bonds. The number of carbonyl (C=O) groups excluding carboxylic acids is 2. The number of nitrogens with one attached hydrogen (secondary N) is 1. The van der Waals surface area contributed by atoms with Gasteiger partial charge in [0.2, 0.25) is 0 Å². The molecule has 0 fully saturated rings. The van der Waals surface area contributed by atoms with Gasteiger partial charge in [0.05, 0.1) is 11.9 Å². The Labute approximate surface area is 87.5 Å². The van der Waals surface area contributed by atoms with Gasteiger partial charge < -0.3 is 11.1 Å². The van der Waals surface area contributed by atoms with Gasteiger partial charge in [-0.2, -0.15) is 13.2 Å². The third-order valence-corrected chi connectivity index (χ3v) is 1.54. The van der Waals surface area contributed by atoms with Crippen LogP contribution in [-0.4, -0.2) is 16.8 Å². The van der Waals surface area contributed by atoms with Gasteiger partial charge in [-0.1, -0.05) is 0 Å². The van der Waals surface area contributed by atoms with Crippen LogP contribution in [0.4, 0.5) is 18.9 Å². The Morgan fingerprint density at radius 1 is 1.31 bits per heavy atom. The lowest BCUT2D eigenvalue weighted by Crippen LogP contribution is -2.29. The van der Waals surface area contributed by atoms with Gasteiger partial charge in [-0.25, -0.2) is 4.98 Å². The van der Waals surface area contributed by atoms with E-state index in [4.69, 9.17) is 0 Å². The van der Waals surface area contributed by atoms with Crippen LogP contribution in [0.2, 0.25) is 0 Å². The molecule has 0 aliphatic rings. The molecule has 1 heterocycles. The quantitative estimate of drug-likeness (QED) is 0.693. The van der Waals surface area contributed by atoms with Crippen molar-refractivity contribution in [2.45, 2.75) is 6.18 Å². The van der Waals surface area contributed by atoms with Crippen molar-refractivity contribution < 1.29 is 22.8 Å². The summed E-state index contributed by atoms with van der Waals surface area (Å²) < 4.78 is 36.3. The SMILES string of the molecule is NC(=O)C(=O)Nc1ccc(C(F)(F)F)nc1. The molecular formula is C8H6F3N3O2. The number of primary amides is 1. The zero-order chi connectivity index (χ0) is 12.3. The normalized spacial score (nSPS) is 10.9. The summed E-state index contributed by atoms with van der Waals surface area (Å²) in [4.78, 5) is 24.2. The summed E-state index contributed by atoms with van der Waals surface area (Å²) in [6.45, 7) is 0. The second kappa shape index (κ2) is 4.17. The van der Waals surface area contributed by atoms with Crippen LogP contribution in [0.5, 0.6) is 0 Å². The number of amides is 2. The summed E-state index contributed by atoms with van der Waals surface area (Å²) >= 11 is 0. The summed E-state index contributed by atoms with van der Waals surface area (Å²) in [5.41, 5.74) is 3.49. The molecule has 0 aliphatic carbocycles. The summed E-state index contributed by atoms with van der Waals surface area (Å²) in [5.74, 6) is -2.36. The second-order valence-electron chi connectivity index (χ2n) is 2.75. The lowest BCUT2D eigenvalue weighted by molar-refractivity contribution is -0.141. The highest BCUT2D eigenvalue weighted by Crippen LogP contribution is 2.27. The number of hydrogen-bond acceptors (Lipinski definition) is 3. The Morgan fingerprint density at radius 2 is 1.94 bits per heavy atom. The number of nitrogens with two attached hydrogens (primary N) is 1. The lowest BCUT2D eigenvalue weighted by atomic mass is 10.3. The Kier molecular flexibility index (Phi) is 3.11. The van der Waals surface area contributed by atoms with E-state index in [-0.39, 0.29) is 5.69 Å². The number of nitrogens with zero attached hydrogens (tertiary/aromatic N) is 1. The van der Waals surface area contributed by atoms with Crippen LogP contribution in [0.1, 0.15) is 5.69 Å². The monoisotopic (exact) mass is 233 g/mol. The first-order chi connectivity index (χ1) is 7.30. The van der Waals surface area contributed by atoms with Crippen molar-refractivity contribution in [1.29, 1.82) is 0 Å². The van der Waals surface area contributed by atoms with E-state index in [0.29, 0.717) is 6.07 Å². The first-order valence-corrected chi connectivity index (χ1v) is 3.95. The maximum absolute atomic E-state index is 12.1. The predicted molar refractivity (Wildman–Crippen MR) is 47.1 cm³/mol. The molecule has 1 aromatic rings. The number of aromatic nitrogens is 1. The molecule has 86 valence electrons. The fraction of sp³-hybridized carbons (Fsp3) is 0.125. The van der Waals surface area contributed by atoms with Crippen molar-refractivity contribution in [3.63, 3.8) is 0 Å². The number of halogens is 3. The fourth-order valence-corrected chi connectivity index (χ4v) is 0.828. The van der Waals surface area contributed by atoms with Crippen molar-refractivity contribution in [2.24, 2.45) is 5.73 Å². The first-order valence-electron chi connectivity index (χ1n) is 3.95. The summed E-state index contributed by atoms with van der Waals surface area (Å²) in [6, 6.07) is 1.65. The van der Waals surface area contributed by atoms with Crippen molar-refractivity contribution in [3.8, 4) is 0 Å². The number of carbonyl (C=O) groups is 2. The lowest BCUT2D eigenvalue weighted by Gasteiger charge is -2.06. The van der Waals surface area contributed by atoms with Gasteiger partial charge in [-0.05, 0) is 12.1 Å². The van der Waals surface area contributed by atoms with Crippen molar-refractivity contribution in [2.75, 3.05) is 5.32 Å². The third-order valence-electron chi connectivity index (χ3n) is 1.54. The van der Waals surface area contributed by atoms with Crippen molar-refractivity contribution >= 4 is 17.5 Å². The van der Waals surface area contributed by atoms with Gasteiger partial charge in [0, 0.05) is 0 Å². The Hall–Kier alpha value is -2.12. The molecule has 3 N–H and O–H groups in total. The van der Waals surface area contributed by atoms with E-state index < -0.39 is 23.7 Å². The molecule has 8 heteroatoms. The van der Waals surface area contributed by atoms with Crippen LogP contribution in [0.15, 0.2) is 18.3 Å². The fourth-order valence-electron chi connectivity index (χ4n) is 0.828. The molecule has 0 unspecified atom stereocenters. The number of rotatable bonds is 1. The average molecular weight is 233 g/mol. The van der Waals surface area contributed by atoms with Gasteiger partial charge in [0.25, 0.3) is 0 Å². The maximum Gasteiger partial charge on any atom is 0.433 e. The van der Waals surface area contributed by atoms with Crippen LogP contribution in [-0.2, 0) is 15.8 Å². The molecule has 1 rings (SSSR count). The van der Waals surface area contributed by atoms with E-state index in [1.165, 1.54) is 0 Å². The minimum absolute atomic E-state index is 0.0446. The number of pyridine rings is 1. The molecule has 0 aliphatic heterocycles. The highest BCUT2D eigenvalue weighted by atomic mass is 19.4. The molecule has 1 aromatic heterocycles. The van der Waals surface area contributed by atoms with Gasteiger partial charge in [0.1, 0.15) is 5.69 Å². The maximum atomic E-state index is 12.1. The minimum atomic E-state index is -4.55. The number of alkyl halides is 3. The highest BCUT2D eigenvalue weighted by molar-refractivity contribution is 6.39. The molecule has 0 radical (unpaired) electrons. The van der Waals surface area contributed by atoms with Crippen LogP contribution in [0, 0.1) is 0 Å². The average Bonchev–Trinajstić information content (AvgIpc) is 2.17. The van der Waals surface area contributed by atoms with Gasteiger partial charge >= 0.3 is 18.0 Å². The van der Waals surface area contributed by atoms with Crippen LogP contribution in [0.25, 0.3) is 0 Å².